The first-order valence-corrected chi connectivity index (χ1v) is 10.9. The number of hydrogen-bond acceptors (Lipinski definition) is 4. The molecule has 2 amide bonds. The normalized spacial score (nSPS) is 17.4. The van der Waals surface area contributed by atoms with Crippen LogP contribution in [0.5, 0.6) is 0 Å². The molecular formula is C23H31N5O2. The molecule has 4 rings (SSSR count). The van der Waals surface area contributed by atoms with Gasteiger partial charge in [0.2, 0.25) is 0 Å². The fraction of sp³-hybridized carbons (Fsp3) is 0.522. The Hall–Kier alpha value is -2.83. The number of aryl methyl sites for hydroxylation is 2. The van der Waals surface area contributed by atoms with E-state index >= 15 is 0 Å². The Morgan fingerprint density at radius 1 is 1.13 bits per heavy atom. The van der Waals surface area contributed by atoms with Gasteiger partial charge in [-0.05, 0) is 50.7 Å². The Kier molecular flexibility index (Phi) is 6.06. The van der Waals surface area contributed by atoms with Crippen molar-refractivity contribution in [2.75, 3.05) is 37.6 Å². The summed E-state index contributed by atoms with van der Waals surface area (Å²) in [6, 6.07) is 6.24. The molecule has 0 radical (unpaired) electrons. The Balaban J connectivity index is 1.33. The highest BCUT2D eigenvalue weighted by molar-refractivity contribution is 6.00. The van der Waals surface area contributed by atoms with Gasteiger partial charge in [0.15, 0.2) is 0 Å². The van der Waals surface area contributed by atoms with Crippen molar-refractivity contribution >= 4 is 17.5 Å². The van der Waals surface area contributed by atoms with Crippen LogP contribution in [0, 0.1) is 12.8 Å². The van der Waals surface area contributed by atoms with E-state index in [1.165, 1.54) is 12.8 Å². The summed E-state index contributed by atoms with van der Waals surface area (Å²) in [6.45, 7) is 6.21. The van der Waals surface area contributed by atoms with Crippen molar-refractivity contribution < 1.29 is 9.59 Å². The predicted octanol–water partition coefficient (Wildman–Crippen LogP) is 2.61. The highest BCUT2D eigenvalue weighted by atomic mass is 16.2. The number of nitrogens with zero attached hydrogens (tertiary/aromatic N) is 4. The van der Waals surface area contributed by atoms with Crippen LogP contribution in [-0.4, -0.2) is 59.2 Å². The van der Waals surface area contributed by atoms with Crippen LogP contribution in [0.3, 0.4) is 0 Å². The Morgan fingerprint density at radius 3 is 2.53 bits per heavy atom. The van der Waals surface area contributed by atoms with Crippen LogP contribution in [0.15, 0.2) is 30.6 Å². The Bertz CT molecular complexity index is 908. The molecule has 1 aromatic carbocycles. The van der Waals surface area contributed by atoms with Crippen molar-refractivity contribution in [3.8, 4) is 0 Å². The molecule has 1 N–H and O–H groups in total. The highest BCUT2D eigenvalue weighted by Crippen LogP contribution is 2.28. The first-order chi connectivity index (χ1) is 14.5. The van der Waals surface area contributed by atoms with E-state index in [1.54, 1.807) is 24.1 Å². The molecule has 7 heteroatoms. The zero-order valence-electron chi connectivity index (χ0n) is 17.9. The third-order valence-corrected chi connectivity index (χ3v) is 6.25. The fourth-order valence-electron chi connectivity index (χ4n) is 4.44. The van der Waals surface area contributed by atoms with E-state index in [4.69, 9.17) is 0 Å². The number of carbonyl (C=O) groups excluding carboxylic acids is 2. The van der Waals surface area contributed by atoms with E-state index in [2.05, 4.69) is 27.4 Å². The minimum atomic E-state index is -0.0865. The molecule has 0 aliphatic carbocycles. The van der Waals surface area contributed by atoms with Gasteiger partial charge in [0.25, 0.3) is 11.8 Å². The van der Waals surface area contributed by atoms with Crippen molar-refractivity contribution in [2.24, 2.45) is 13.0 Å². The number of hydrogen-bond donors (Lipinski definition) is 1. The largest absolute Gasteiger partial charge is 0.371 e. The smallest absolute Gasteiger partial charge is 0.255 e. The lowest BCUT2D eigenvalue weighted by Gasteiger charge is -2.33. The molecule has 0 bridgehead atoms. The Morgan fingerprint density at radius 2 is 1.87 bits per heavy atom. The maximum absolute atomic E-state index is 13.3. The van der Waals surface area contributed by atoms with Gasteiger partial charge in [-0.2, -0.15) is 5.10 Å². The molecular weight excluding hydrogens is 378 g/mol. The zero-order valence-corrected chi connectivity index (χ0v) is 17.9. The molecule has 30 heavy (non-hydrogen) atoms. The number of benzene rings is 1. The van der Waals surface area contributed by atoms with Gasteiger partial charge in [0.1, 0.15) is 0 Å². The lowest BCUT2D eigenvalue weighted by molar-refractivity contribution is 0.0685. The molecule has 3 heterocycles. The van der Waals surface area contributed by atoms with Crippen LogP contribution in [0.2, 0.25) is 0 Å². The fourth-order valence-corrected chi connectivity index (χ4v) is 4.44. The second-order valence-corrected chi connectivity index (χ2v) is 8.56. The summed E-state index contributed by atoms with van der Waals surface area (Å²) in [5.41, 5.74) is 3.61. The van der Waals surface area contributed by atoms with Crippen LogP contribution >= 0.6 is 0 Å². The van der Waals surface area contributed by atoms with E-state index < -0.39 is 0 Å². The molecule has 2 aliphatic rings. The summed E-state index contributed by atoms with van der Waals surface area (Å²) in [7, 11) is 1.80. The number of aromatic nitrogens is 2. The van der Waals surface area contributed by atoms with Gasteiger partial charge < -0.3 is 15.1 Å². The average molecular weight is 410 g/mol. The van der Waals surface area contributed by atoms with Gasteiger partial charge in [-0.1, -0.05) is 11.6 Å². The molecule has 7 nitrogen and oxygen atoms in total. The summed E-state index contributed by atoms with van der Waals surface area (Å²) in [4.78, 5) is 29.9. The van der Waals surface area contributed by atoms with E-state index in [0.29, 0.717) is 18.0 Å². The first kappa shape index (κ1) is 20.4. The summed E-state index contributed by atoms with van der Waals surface area (Å²) in [5, 5.41) is 7.05. The molecule has 0 spiro atoms. The SMILES string of the molecule is Cc1ccc(N2CCCC2)c(C(=O)N2CCC(CNC(=O)c3cnn(C)c3)CC2)c1. The maximum Gasteiger partial charge on any atom is 0.255 e. The number of anilines is 1. The first-order valence-electron chi connectivity index (χ1n) is 10.9. The third-order valence-electron chi connectivity index (χ3n) is 6.25. The summed E-state index contributed by atoms with van der Waals surface area (Å²) in [6.07, 6.45) is 7.50. The number of piperidine rings is 1. The molecule has 0 unspecified atom stereocenters. The Labute approximate surface area is 178 Å². The van der Waals surface area contributed by atoms with Crippen molar-refractivity contribution in [2.45, 2.75) is 32.6 Å². The van der Waals surface area contributed by atoms with Crippen LogP contribution in [0.4, 0.5) is 5.69 Å². The van der Waals surface area contributed by atoms with Crippen molar-refractivity contribution in [1.29, 1.82) is 0 Å². The van der Waals surface area contributed by atoms with Crippen molar-refractivity contribution in [3.05, 3.63) is 47.3 Å². The number of carbonyl (C=O) groups is 2. The van der Waals surface area contributed by atoms with E-state index in [0.717, 1.165) is 55.8 Å². The highest BCUT2D eigenvalue weighted by Gasteiger charge is 2.27. The monoisotopic (exact) mass is 409 g/mol. The van der Waals surface area contributed by atoms with Gasteiger partial charge in [-0.15, -0.1) is 0 Å². The quantitative estimate of drug-likeness (QED) is 0.824. The van der Waals surface area contributed by atoms with Gasteiger partial charge in [-0.25, -0.2) is 0 Å². The van der Waals surface area contributed by atoms with Crippen LogP contribution in [0.1, 0.15) is 52.0 Å². The zero-order chi connectivity index (χ0) is 21.1. The lowest BCUT2D eigenvalue weighted by Crippen LogP contribution is -2.42. The van der Waals surface area contributed by atoms with E-state index in [-0.39, 0.29) is 11.8 Å². The second-order valence-electron chi connectivity index (χ2n) is 8.56. The molecule has 2 aromatic rings. The topological polar surface area (TPSA) is 70.5 Å². The number of nitrogens with one attached hydrogen (secondary N) is 1. The van der Waals surface area contributed by atoms with Crippen molar-refractivity contribution in [1.82, 2.24) is 20.0 Å². The average Bonchev–Trinajstić information content (AvgIpc) is 3.44. The summed E-state index contributed by atoms with van der Waals surface area (Å²) >= 11 is 0. The summed E-state index contributed by atoms with van der Waals surface area (Å²) < 4.78 is 1.63. The minimum absolute atomic E-state index is 0.0865. The molecule has 1 aromatic heterocycles. The molecule has 2 aliphatic heterocycles. The second kappa shape index (κ2) is 8.90. The summed E-state index contributed by atoms with van der Waals surface area (Å²) in [5.74, 6) is 0.445. The lowest BCUT2D eigenvalue weighted by atomic mass is 9.95. The van der Waals surface area contributed by atoms with Crippen LogP contribution < -0.4 is 10.2 Å². The standard InChI is InChI=1S/C23H31N5O2/c1-17-5-6-21(27-9-3-4-10-27)20(13-17)23(30)28-11-7-18(8-12-28)14-24-22(29)19-15-25-26(2)16-19/h5-6,13,15-16,18H,3-4,7-12,14H2,1-2H3,(H,24,29). The molecule has 2 saturated heterocycles. The van der Waals surface area contributed by atoms with Crippen LogP contribution in [-0.2, 0) is 7.05 Å². The van der Waals surface area contributed by atoms with E-state index in [9.17, 15) is 9.59 Å². The number of rotatable bonds is 5. The minimum Gasteiger partial charge on any atom is -0.371 e. The molecule has 160 valence electrons. The van der Waals surface area contributed by atoms with Gasteiger partial charge in [-0.3, -0.25) is 14.3 Å². The molecule has 2 fully saturated rings. The predicted molar refractivity (Wildman–Crippen MR) is 117 cm³/mol. The van der Waals surface area contributed by atoms with E-state index in [1.807, 2.05) is 17.9 Å². The molecule has 0 atom stereocenters. The number of likely N-dealkylation sites (tertiary alicyclic amines) is 1. The van der Waals surface area contributed by atoms with Gasteiger partial charge >= 0.3 is 0 Å². The third kappa shape index (κ3) is 4.50. The van der Waals surface area contributed by atoms with Gasteiger partial charge in [0, 0.05) is 51.7 Å². The van der Waals surface area contributed by atoms with Crippen LogP contribution in [0.25, 0.3) is 0 Å². The van der Waals surface area contributed by atoms with Crippen molar-refractivity contribution in [3.63, 3.8) is 0 Å². The number of amides is 2. The maximum atomic E-state index is 13.3. The van der Waals surface area contributed by atoms with Gasteiger partial charge in [0.05, 0.1) is 17.3 Å². The molecule has 0 saturated carbocycles.